The van der Waals surface area contributed by atoms with Gasteiger partial charge < -0.3 is 37.2 Å². The van der Waals surface area contributed by atoms with Crippen LogP contribution >= 0.6 is 0 Å². The second-order valence-electron chi connectivity index (χ2n) is 16.7. The molecule has 0 saturated heterocycles. The number of benzene rings is 2. The molecule has 4 aliphatic carbocycles. The number of aliphatic imine (C=N–C) groups is 2. The molecule has 0 atom stereocenters. The summed E-state index contributed by atoms with van der Waals surface area (Å²) in [6, 6.07) is 16.4. The normalized spacial score (nSPS) is 19.6. The van der Waals surface area contributed by atoms with Crippen molar-refractivity contribution in [2.45, 2.75) is 180 Å². The Morgan fingerprint density at radius 1 is 0.463 bits per heavy atom. The molecule has 3 aromatic rings. The SMILES string of the molecule is CC(=Nc1c(C2CCCCC2)cc(C)cc1C1CCCCC1)c1cccc(C(C)=Nc2c(C3CCCCC3)cc(C)cc2C2CCCCC2)n1.[Cl-].[Cl-].[Cl-].[V+3]. The van der Waals surface area contributed by atoms with E-state index in [-0.39, 0.29) is 55.8 Å². The zero-order valence-electron chi connectivity index (χ0n) is 33.4. The quantitative estimate of drug-likeness (QED) is 0.289. The fourth-order valence-corrected chi connectivity index (χ4v) is 10.1. The van der Waals surface area contributed by atoms with Gasteiger partial charge in [0, 0.05) is 0 Å². The molecule has 54 heavy (non-hydrogen) atoms. The third-order valence-electron chi connectivity index (χ3n) is 12.9. The van der Waals surface area contributed by atoms with E-state index < -0.39 is 0 Å². The van der Waals surface area contributed by atoms with Crippen LogP contribution in [0.1, 0.15) is 211 Å². The van der Waals surface area contributed by atoms with Crippen molar-refractivity contribution in [1.29, 1.82) is 0 Å². The standard InChI is InChI=1S/C47H63N3.3ClH.V/c1-32-28-40(36-18-9-5-10-19-36)46(41(29-32)37-20-11-6-12-21-37)48-34(3)44-26-17-27-45(50-44)35(4)49-47-42(38-22-13-7-14-23-38)30-33(2)31-43(47)39-24-15-8-16-25-39;;;;/h17,26-31,36-39H,5-16,18-25H2,1-4H3;3*1H;/q;;;;+3/p-3. The minimum Gasteiger partial charge on any atom is -1.00 e. The molecule has 0 bridgehead atoms. The van der Waals surface area contributed by atoms with Crippen LogP contribution in [0.25, 0.3) is 0 Å². The Morgan fingerprint density at radius 2 is 0.722 bits per heavy atom. The van der Waals surface area contributed by atoms with Crippen LogP contribution in [0.3, 0.4) is 0 Å². The minimum atomic E-state index is 0. The van der Waals surface area contributed by atoms with Crippen LogP contribution in [0.4, 0.5) is 11.4 Å². The molecule has 1 heterocycles. The van der Waals surface area contributed by atoms with Crippen molar-refractivity contribution in [2.24, 2.45) is 9.98 Å². The average Bonchev–Trinajstić information content (AvgIpc) is 3.17. The molecule has 7 heteroatoms. The van der Waals surface area contributed by atoms with Gasteiger partial charge in [-0.2, -0.15) is 0 Å². The van der Waals surface area contributed by atoms with Gasteiger partial charge >= 0.3 is 18.6 Å². The number of aryl methyl sites for hydroxylation is 2. The Morgan fingerprint density at radius 3 is 0.981 bits per heavy atom. The van der Waals surface area contributed by atoms with E-state index in [1.54, 1.807) is 0 Å². The van der Waals surface area contributed by atoms with Crippen LogP contribution in [-0.2, 0) is 18.6 Å². The van der Waals surface area contributed by atoms with E-state index in [0.717, 1.165) is 22.8 Å². The maximum Gasteiger partial charge on any atom is 3.00 e. The van der Waals surface area contributed by atoms with Crippen molar-refractivity contribution in [2.75, 3.05) is 0 Å². The molecule has 2 aromatic carbocycles. The first kappa shape index (κ1) is 46.8. The van der Waals surface area contributed by atoms with Gasteiger partial charge in [0.2, 0.25) is 0 Å². The molecule has 1 aromatic heterocycles. The summed E-state index contributed by atoms with van der Waals surface area (Å²) in [6.07, 6.45) is 26.6. The molecular formula is C47H63Cl3N3V. The molecule has 0 amide bonds. The van der Waals surface area contributed by atoms with E-state index in [1.807, 2.05) is 0 Å². The molecule has 4 fully saturated rings. The number of nitrogens with zero attached hydrogens (tertiary/aromatic N) is 3. The largest absolute Gasteiger partial charge is 3.00 e. The minimum absolute atomic E-state index is 0. The van der Waals surface area contributed by atoms with E-state index >= 15 is 0 Å². The summed E-state index contributed by atoms with van der Waals surface area (Å²) in [5.74, 6) is 2.49. The summed E-state index contributed by atoms with van der Waals surface area (Å²) in [5.41, 5.74) is 15.4. The monoisotopic (exact) mass is 825 g/mol. The van der Waals surface area contributed by atoms with E-state index in [0.29, 0.717) is 23.7 Å². The smallest absolute Gasteiger partial charge is 1.00 e. The Balaban J connectivity index is 0.00000196. The number of halogens is 3. The number of pyridine rings is 1. The topological polar surface area (TPSA) is 37.6 Å². The third kappa shape index (κ3) is 11.3. The molecule has 4 saturated carbocycles. The summed E-state index contributed by atoms with van der Waals surface area (Å²) in [7, 11) is 0. The fourth-order valence-electron chi connectivity index (χ4n) is 10.1. The van der Waals surface area contributed by atoms with Crippen LogP contribution in [0, 0.1) is 13.8 Å². The summed E-state index contributed by atoms with van der Waals surface area (Å²) in [5, 5.41) is 0. The van der Waals surface area contributed by atoms with Crippen molar-refractivity contribution in [3.63, 3.8) is 0 Å². The fraction of sp³-hybridized carbons (Fsp3) is 0.596. The first-order chi connectivity index (χ1) is 24.4. The number of hydrogen-bond acceptors (Lipinski definition) is 3. The van der Waals surface area contributed by atoms with Crippen molar-refractivity contribution < 1.29 is 55.8 Å². The average molecular weight is 827 g/mol. The Labute approximate surface area is 358 Å². The van der Waals surface area contributed by atoms with Crippen LogP contribution in [0.2, 0.25) is 0 Å². The summed E-state index contributed by atoms with van der Waals surface area (Å²) in [4.78, 5) is 16.5. The maximum absolute atomic E-state index is 5.58. The molecule has 0 spiro atoms. The Hall–Kier alpha value is -1.62. The van der Waals surface area contributed by atoms with Crippen LogP contribution in [-0.4, -0.2) is 16.4 Å². The second-order valence-corrected chi connectivity index (χ2v) is 16.7. The van der Waals surface area contributed by atoms with E-state index in [2.05, 4.69) is 70.2 Å². The van der Waals surface area contributed by atoms with Gasteiger partial charge in [0.15, 0.2) is 0 Å². The van der Waals surface area contributed by atoms with Gasteiger partial charge in [0.1, 0.15) is 0 Å². The van der Waals surface area contributed by atoms with Gasteiger partial charge in [-0.1, -0.05) is 119 Å². The molecule has 3 nitrogen and oxygen atoms in total. The van der Waals surface area contributed by atoms with E-state index in [1.165, 1.54) is 173 Å². The van der Waals surface area contributed by atoms with Gasteiger partial charge in [-0.05, 0) is 137 Å². The summed E-state index contributed by atoms with van der Waals surface area (Å²) < 4.78 is 0. The van der Waals surface area contributed by atoms with Gasteiger partial charge in [-0.3, -0.25) is 9.98 Å². The molecule has 0 unspecified atom stereocenters. The van der Waals surface area contributed by atoms with Gasteiger partial charge in [0.25, 0.3) is 0 Å². The Bertz CT molecular complexity index is 1500. The van der Waals surface area contributed by atoms with Crippen molar-refractivity contribution in [1.82, 2.24) is 4.98 Å². The Kier molecular flexibility index (Phi) is 19.4. The summed E-state index contributed by atoms with van der Waals surface area (Å²) in [6.45, 7) is 8.99. The first-order valence-electron chi connectivity index (χ1n) is 20.8. The number of rotatable bonds is 8. The molecule has 0 radical (unpaired) electrons. The van der Waals surface area contributed by atoms with Crippen LogP contribution in [0.15, 0.2) is 52.4 Å². The van der Waals surface area contributed by atoms with E-state index in [9.17, 15) is 0 Å². The second kappa shape index (κ2) is 22.4. The molecule has 0 aliphatic heterocycles. The van der Waals surface area contributed by atoms with Gasteiger partial charge in [-0.25, -0.2) is 4.98 Å². The maximum atomic E-state index is 5.58. The molecule has 0 N–H and O–H groups in total. The van der Waals surface area contributed by atoms with Crippen LogP contribution < -0.4 is 37.2 Å². The van der Waals surface area contributed by atoms with Crippen molar-refractivity contribution in [3.8, 4) is 0 Å². The predicted octanol–water partition coefficient (Wildman–Crippen LogP) is 5.18. The van der Waals surface area contributed by atoms with Gasteiger partial charge in [0.05, 0.1) is 34.2 Å². The van der Waals surface area contributed by atoms with Gasteiger partial charge in [-0.15, -0.1) is 0 Å². The molecular weight excluding hydrogens is 764 g/mol. The number of hydrogen-bond donors (Lipinski definition) is 0. The van der Waals surface area contributed by atoms with E-state index in [4.69, 9.17) is 15.0 Å². The first-order valence-corrected chi connectivity index (χ1v) is 20.8. The molecule has 7 rings (SSSR count). The zero-order valence-corrected chi connectivity index (χ0v) is 37.1. The number of aromatic nitrogens is 1. The van der Waals surface area contributed by atoms with Crippen LogP contribution in [0.5, 0.6) is 0 Å². The molecule has 4 aliphatic rings. The third-order valence-corrected chi connectivity index (χ3v) is 12.9. The predicted molar refractivity (Wildman–Crippen MR) is 214 cm³/mol. The molecule has 292 valence electrons. The van der Waals surface area contributed by atoms with Crippen molar-refractivity contribution in [3.05, 3.63) is 87.2 Å². The zero-order chi connectivity index (χ0) is 34.5. The summed E-state index contributed by atoms with van der Waals surface area (Å²) >= 11 is 0. The van der Waals surface area contributed by atoms with Crippen molar-refractivity contribution >= 4 is 22.8 Å².